The van der Waals surface area contributed by atoms with Gasteiger partial charge in [-0.05, 0) is 6.42 Å². The first-order valence-corrected chi connectivity index (χ1v) is 9.32. The number of amides is 2. The average Bonchev–Trinajstić information content (AvgIpc) is 2.70. The van der Waals surface area contributed by atoms with Crippen LogP contribution in [-0.2, 0) is 15.8 Å². The third-order valence-corrected chi connectivity index (χ3v) is 4.35. The number of carbonyl (C=O) groups excluding carboxylic acids is 2. The first kappa shape index (κ1) is 25.5. The van der Waals surface area contributed by atoms with Gasteiger partial charge in [0.25, 0.3) is 0 Å². The topological polar surface area (TPSA) is 136 Å². The van der Waals surface area contributed by atoms with Crippen LogP contribution in [0, 0.1) is 5.92 Å². The quantitative estimate of drug-likeness (QED) is 0.111. The highest BCUT2D eigenvalue weighted by molar-refractivity contribution is 5.92. The van der Waals surface area contributed by atoms with Crippen molar-refractivity contribution in [1.82, 2.24) is 15.0 Å². The highest BCUT2D eigenvalue weighted by Crippen LogP contribution is 2.35. The van der Waals surface area contributed by atoms with Gasteiger partial charge in [0.15, 0.2) is 0 Å². The van der Waals surface area contributed by atoms with Crippen molar-refractivity contribution in [3.05, 3.63) is 11.8 Å². The maximum absolute atomic E-state index is 13.3. The first-order chi connectivity index (χ1) is 14.1. The maximum Gasteiger partial charge on any atom is 0.421 e. The van der Waals surface area contributed by atoms with Crippen molar-refractivity contribution in [2.75, 3.05) is 36.7 Å². The minimum Gasteiger partial charge on any atom is -0.395 e. The van der Waals surface area contributed by atoms with Crippen molar-refractivity contribution in [3.63, 3.8) is 0 Å². The van der Waals surface area contributed by atoms with Gasteiger partial charge in [0, 0.05) is 19.8 Å². The van der Waals surface area contributed by atoms with E-state index in [0.29, 0.717) is 29.1 Å². The van der Waals surface area contributed by atoms with Crippen LogP contribution >= 0.6 is 0 Å². The van der Waals surface area contributed by atoms with Gasteiger partial charge in [-0.15, -0.1) is 0 Å². The Kier molecular flexibility index (Phi) is 9.89. The number of likely N-dealkylation sites (N-methyl/N-ethyl adjacent to an activating group) is 1. The van der Waals surface area contributed by atoms with Crippen molar-refractivity contribution >= 4 is 24.1 Å². The Morgan fingerprint density at radius 3 is 2.57 bits per heavy atom. The predicted octanol–water partition coefficient (Wildman–Crippen LogP) is 1.17. The molecule has 0 saturated carbocycles. The number of rotatable bonds is 12. The highest BCUT2D eigenvalue weighted by Gasteiger charge is 2.37. The molecule has 1 rings (SSSR count). The summed E-state index contributed by atoms with van der Waals surface area (Å²) < 4.78 is 39.8. The molecule has 1 aromatic rings. The zero-order valence-corrected chi connectivity index (χ0v) is 16.8. The molecular formula is C17H27F3N6O4. The average molecular weight is 436 g/mol. The molecule has 0 aliphatic heterocycles. The second kappa shape index (κ2) is 11.6. The Morgan fingerprint density at radius 1 is 1.37 bits per heavy atom. The Labute approximate surface area is 172 Å². The number of hydrogen-bond donors (Lipinski definition) is 3. The molecule has 4 N–H and O–H groups in total. The van der Waals surface area contributed by atoms with E-state index in [4.69, 9.17) is 10.9 Å². The van der Waals surface area contributed by atoms with Gasteiger partial charge in [-0.25, -0.2) is 20.9 Å². The molecule has 0 radical (unpaired) electrons. The van der Waals surface area contributed by atoms with Gasteiger partial charge >= 0.3 is 6.18 Å². The van der Waals surface area contributed by atoms with Crippen LogP contribution in [0.5, 0.6) is 0 Å². The lowest BCUT2D eigenvalue weighted by molar-refractivity contribution is -0.154. The minimum atomic E-state index is -4.76. The van der Waals surface area contributed by atoms with Gasteiger partial charge in [0.1, 0.15) is 11.4 Å². The molecule has 30 heavy (non-hydrogen) atoms. The summed E-state index contributed by atoms with van der Waals surface area (Å²) in [5, 5.41) is 19.3. The summed E-state index contributed by atoms with van der Waals surface area (Å²) in [6.45, 7) is 1.06. The number of aliphatic hydroxyl groups excluding tert-OH is 1. The molecular weight excluding hydrogens is 409 g/mol. The van der Waals surface area contributed by atoms with E-state index in [2.05, 4.69) is 9.97 Å². The molecule has 170 valence electrons. The normalized spacial score (nSPS) is 12.4. The van der Waals surface area contributed by atoms with Crippen LogP contribution in [0.3, 0.4) is 0 Å². The maximum atomic E-state index is 13.3. The molecule has 0 saturated heterocycles. The van der Waals surface area contributed by atoms with Gasteiger partial charge in [0.2, 0.25) is 18.3 Å². The number of nitrogens with zero attached hydrogens (tertiary/aromatic N) is 5. The fourth-order valence-corrected chi connectivity index (χ4v) is 2.72. The number of hydrazine groups is 1. The van der Waals surface area contributed by atoms with Gasteiger partial charge in [-0.2, -0.15) is 18.2 Å². The number of unbranched alkanes of at least 4 members (excludes halogenated alkanes) is 2. The summed E-state index contributed by atoms with van der Waals surface area (Å²) in [6.07, 6.45) is -1.54. The number of halogens is 3. The van der Waals surface area contributed by atoms with Crippen LogP contribution in [-0.4, -0.2) is 64.4 Å². The summed E-state index contributed by atoms with van der Waals surface area (Å²) in [4.78, 5) is 31.9. The van der Waals surface area contributed by atoms with Crippen LogP contribution in [0.15, 0.2) is 6.20 Å². The highest BCUT2D eigenvalue weighted by atomic mass is 19.4. The summed E-state index contributed by atoms with van der Waals surface area (Å²) in [5.41, 5.74) is -1.15. The van der Waals surface area contributed by atoms with Gasteiger partial charge in [-0.1, -0.05) is 26.2 Å². The van der Waals surface area contributed by atoms with E-state index in [9.17, 15) is 28.0 Å². The van der Waals surface area contributed by atoms with Crippen molar-refractivity contribution in [3.8, 4) is 0 Å². The molecule has 0 aliphatic carbocycles. The number of anilines is 2. The molecule has 2 amide bonds. The van der Waals surface area contributed by atoms with E-state index in [-0.39, 0.29) is 19.5 Å². The number of aromatic nitrogens is 2. The summed E-state index contributed by atoms with van der Waals surface area (Å²) in [5.74, 6) is 3.09. The monoisotopic (exact) mass is 436 g/mol. The van der Waals surface area contributed by atoms with Crippen LogP contribution in [0.1, 0.15) is 38.2 Å². The standard InChI is InChI=1S/C17H27F3N6O4/c1-3-4-5-6-12(10-25(30)11-28)15(29)26(21)16-22-9-13(17(18,19)20)14(23-16)24(2)7-8-27/h9,11-12,27,30H,3-8,10,21H2,1-2H3/t12-/m1/s1. The zero-order valence-electron chi connectivity index (χ0n) is 16.8. The largest absolute Gasteiger partial charge is 0.421 e. The van der Waals surface area contributed by atoms with Crippen molar-refractivity contribution in [2.45, 2.75) is 38.8 Å². The van der Waals surface area contributed by atoms with Crippen LogP contribution in [0.25, 0.3) is 0 Å². The lowest BCUT2D eigenvalue weighted by Crippen LogP contribution is -2.46. The third-order valence-electron chi connectivity index (χ3n) is 4.35. The second-order valence-corrected chi connectivity index (χ2v) is 6.68. The predicted molar refractivity (Wildman–Crippen MR) is 101 cm³/mol. The summed E-state index contributed by atoms with van der Waals surface area (Å²) in [6, 6.07) is 0. The Balaban J connectivity index is 3.21. The van der Waals surface area contributed by atoms with E-state index in [1.807, 2.05) is 6.92 Å². The third kappa shape index (κ3) is 7.07. The molecule has 0 bridgehead atoms. The lowest BCUT2D eigenvalue weighted by Gasteiger charge is -2.26. The smallest absolute Gasteiger partial charge is 0.395 e. The zero-order chi connectivity index (χ0) is 22.9. The molecule has 10 nitrogen and oxygen atoms in total. The molecule has 0 unspecified atom stereocenters. The number of nitrogens with two attached hydrogens (primary N) is 1. The number of carbonyl (C=O) groups is 2. The van der Waals surface area contributed by atoms with Gasteiger partial charge in [-0.3, -0.25) is 14.8 Å². The Bertz CT molecular complexity index is 707. The molecule has 1 aromatic heterocycles. The molecule has 0 aliphatic rings. The van der Waals surface area contributed by atoms with E-state index in [0.717, 1.165) is 17.7 Å². The van der Waals surface area contributed by atoms with E-state index >= 15 is 0 Å². The fourth-order valence-electron chi connectivity index (χ4n) is 2.72. The van der Waals surface area contributed by atoms with Gasteiger partial charge < -0.3 is 10.0 Å². The van der Waals surface area contributed by atoms with Crippen molar-refractivity contribution < 1.29 is 33.1 Å². The van der Waals surface area contributed by atoms with Crippen LogP contribution < -0.4 is 15.8 Å². The number of aliphatic hydroxyl groups is 1. The van der Waals surface area contributed by atoms with Gasteiger partial charge in [0.05, 0.1) is 19.1 Å². The molecule has 0 fully saturated rings. The van der Waals surface area contributed by atoms with Crippen molar-refractivity contribution in [1.29, 1.82) is 0 Å². The molecule has 13 heteroatoms. The fraction of sp³-hybridized carbons (Fsp3) is 0.647. The molecule has 0 aromatic carbocycles. The molecule has 1 atom stereocenters. The summed E-state index contributed by atoms with van der Waals surface area (Å²) >= 11 is 0. The van der Waals surface area contributed by atoms with Crippen LogP contribution in [0.4, 0.5) is 24.9 Å². The lowest BCUT2D eigenvalue weighted by atomic mass is 10.00. The first-order valence-electron chi connectivity index (χ1n) is 9.32. The second-order valence-electron chi connectivity index (χ2n) is 6.68. The van der Waals surface area contributed by atoms with E-state index in [1.54, 1.807) is 0 Å². The number of alkyl halides is 3. The van der Waals surface area contributed by atoms with Crippen LogP contribution in [0.2, 0.25) is 0 Å². The number of hydrogen-bond acceptors (Lipinski definition) is 8. The Morgan fingerprint density at radius 2 is 2.03 bits per heavy atom. The number of hydroxylamine groups is 2. The van der Waals surface area contributed by atoms with E-state index < -0.39 is 41.9 Å². The SMILES string of the molecule is CCCCC[C@H](CN(O)C=O)C(=O)N(N)c1ncc(C(F)(F)F)c(N(C)CCO)n1. The molecule has 1 heterocycles. The summed E-state index contributed by atoms with van der Waals surface area (Å²) in [7, 11) is 1.29. The minimum absolute atomic E-state index is 0.136. The Hall–Kier alpha value is -2.51. The van der Waals surface area contributed by atoms with E-state index in [1.165, 1.54) is 7.05 Å². The molecule has 0 spiro atoms. The van der Waals surface area contributed by atoms with Crippen molar-refractivity contribution in [2.24, 2.45) is 11.8 Å².